The van der Waals surface area contributed by atoms with E-state index in [1.54, 1.807) is 25.2 Å². The zero-order valence-electron chi connectivity index (χ0n) is 13.4. The van der Waals surface area contributed by atoms with Crippen LogP contribution in [0.25, 0.3) is 0 Å². The Bertz CT molecular complexity index is 575. The summed E-state index contributed by atoms with van der Waals surface area (Å²) in [5.41, 5.74) is 1.79. The van der Waals surface area contributed by atoms with Crippen molar-refractivity contribution < 1.29 is 4.79 Å². The highest BCUT2D eigenvalue weighted by atomic mass is 16.2. The molecule has 4 heteroatoms. The molecule has 1 amide bonds. The van der Waals surface area contributed by atoms with Crippen molar-refractivity contribution in [3.63, 3.8) is 0 Å². The quantitative estimate of drug-likeness (QED) is 0.465. The molecular weight excluding hydrogens is 274 g/mol. The lowest BCUT2D eigenvalue weighted by atomic mass is 10.2. The van der Waals surface area contributed by atoms with E-state index in [-0.39, 0.29) is 5.91 Å². The van der Waals surface area contributed by atoms with E-state index in [1.165, 1.54) is 0 Å². The Labute approximate surface area is 132 Å². The van der Waals surface area contributed by atoms with Crippen molar-refractivity contribution in [1.82, 2.24) is 10.2 Å². The zero-order valence-corrected chi connectivity index (χ0v) is 13.4. The fourth-order valence-corrected chi connectivity index (χ4v) is 1.85. The normalized spacial score (nSPS) is 20.5. The molecule has 0 aromatic rings. The van der Waals surface area contributed by atoms with Crippen LogP contribution in [0.5, 0.6) is 0 Å². The summed E-state index contributed by atoms with van der Waals surface area (Å²) in [6, 6.07) is 0. The molecule has 0 saturated carbocycles. The van der Waals surface area contributed by atoms with E-state index in [0.29, 0.717) is 6.42 Å². The van der Waals surface area contributed by atoms with Crippen LogP contribution in [0.4, 0.5) is 0 Å². The molecule has 0 aromatic carbocycles. The Balaban J connectivity index is 2.69. The number of rotatable bonds is 6. The predicted molar refractivity (Wildman–Crippen MR) is 93.6 cm³/mol. The highest BCUT2D eigenvalue weighted by Crippen LogP contribution is 2.25. The molecule has 0 unspecified atom stereocenters. The van der Waals surface area contributed by atoms with Gasteiger partial charge >= 0.3 is 0 Å². The number of carbonyl (C=O) groups excluding carboxylic acids is 1. The second kappa shape index (κ2) is 10.2. The van der Waals surface area contributed by atoms with Gasteiger partial charge in [0.2, 0.25) is 0 Å². The van der Waals surface area contributed by atoms with Gasteiger partial charge in [0.05, 0.1) is 0 Å². The number of allylic oxidation sites excluding steroid dienone is 10. The van der Waals surface area contributed by atoms with E-state index in [9.17, 15) is 4.79 Å². The second-order valence-electron chi connectivity index (χ2n) is 4.60. The predicted octanol–water partition coefficient (Wildman–Crippen LogP) is 2.76. The molecule has 22 heavy (non-hydrogen) atoms. The Kier molecular flexibility index (Phi) is 8.05. The average Bonchev–Trinajstić information content (AvgIpc) is 2.79. The standard InChI is InChI=1S/C18H23N3O/c1-19-13-9-5-4-8-12-17-15-16(18(22)21(17)3)11-7-6-10-14-20-2/h4-14,20H,15H2,1-3H3. The third-order valence-electron chi connectivity index (χ3n) is 3.02. The van der Waals surface area contributed by atoms with Crippen LogP contribution in [0.1, 0.15) is 6.42 Å². The number of carbonyl (C=O) groups is 1. The first-order chi connectivity index (χ1) is 10.7. The third-order valence-corrected chi connectivity index (χ3v) is 3.02. The van der Waals surface area contributed by atoms with Crippen LogP contribution in [-0.2, 0) is 4.79 Å². The first-order valence-electron chi connectivity index (χ1n) is 7.13. The number of hydrogen-bond donors (Lipinski definition) is 1. The average molecular weight is 297 g/mol. The van der Waals surface area contributed by atoms with Crippen LogP contribution in [0.3, 0.4) is 0 Å². The maximum absolute atomic E-state index is 12.1. The summed E-state index contributed by atoms with van der Waals surface area (Å²) in [7, 11) is 5.37. The van der Waals surface area contributed by atoms with Crippen molar-refractivity contribution in [2.45, 2.75) is 6.42 Å². The molecule has 0 atom stereocenters. The van der Waals surface area contributed by atoms with Crippen LogP contribution in [0.15, 0.2) is 77.1 Å². The number of nitrogens with zero attached hydrogens (tertiary/aromatic N) is 2. The van der Waals surface area contributed by atoms with Crippen molar-refractivity contribution >= 4 is 12.1 Å². The third kappa shape index (κ3) is 5.79. The maximum atomic E-state index is 12.1. The highest BCUT2D eigenvalue weighted by Gasteiger charge is 2.26. The van der Waals surface area contributed by atoms with Crippen molar-refractivity contribution in [1.29, 1.82) is 0 Å². The lowest BCUT2D eigenvalue weighted by Crippen LogP contribution is -2.17. The van der Waals surface area contributed by atoms with Gasteiger partial charge in [-0.15, -0.1) is 0 Å². The van der Waals surface area contributed by atoms with Gasteiger partial charge in [-0.2, -0.15) is 0 Å². The van der Waals surface area contributed by atoms with Gasteiger partial charge in [-0.3, -0.25) is 9.79 Å². The highest BCUT2D eigenvalue weighted by molar-refractivity contribution is 5.98. The first kappa shape index (κ1) is 17.4. The first-order valence-corrected chi connectivity index (χ1v) is 7.13. The van der Waals surface area contributed by atoms with Crippen molar-refractivity contribution in [3.05, 3.63) is 72.2 Å². The summed E-state index contributed by atoms with van der Waals surface area (Å²) < 4.78 is 0. The van der Waals surface area contributed by atoms with Crippen molar-refractivity contribution in [2.75, 3.05) is 21.1 Å². The Hall–Kier alpha value is -2.62. The summed E-state index contributed by atoms with van der Waals surface area (Å²) in [5.74, 6) is 0.0514. The molecule has 0 aliphatic carbocycles. The molecule has 4 nitrogen and oxygen atoms in total. The number of hydrogen-bond acceptors (Lipinski definition) is 3. The molecule has 1 rings (SSSR count). The van der Waals surface area contributed by atoms with Crippen molar-refractivity contribution in [3.8, 4) is 0 Å². The van der Waals surface area contributed by atoms with E-state index in [4.69, 9.17) is 0 Å². The van der Waals surface area contributed by atoms with Crippen LogP contribution in [0.2, 0.25) is 0 Å². The van der Waals surface area contributed by atoms with E-state index in [2.05, 4.69) is 10.3 Å². The summed E-state index contributed by atoms with van der Waals surface area (Å²) >= 11 is 0. The van der Waals surface area contributed by atoms with E-state index >= 15 is 0 Å². The van der Waals surface area contributed by atoms with Gasteiger partial charge in [0, 0.05) is 45.0 Å². The number of likely N-dealkylation sites (tertiary alicyclic amines) is 1. The van der Waals surface area contributed by atoms with Crippen LogP contribution in [-0.4, -0.2) is 38.2 Å². The topological polar surface area (TPSA) is 44.7 Å². The number of likely N-dealkylation sites (N-methyl/N-ethyl adjacent to an activating group) is 1. The fourth-order valence-electron chi connectivity index (χ4n) is 1.85. The summed E-state index contributed by atoms with van der Waals surface area (Å²) in [5, 5.41) is 2.90. The van der Waals surface area contributed by atoms with Gasteiger partial charge < -0.3 is 10.2 Å². The fraction of sp³-hybridized carbons (Fsp3) is 0.222. The minimum Gasteiger partial charge on any atom is -0.394 e. The Morgan fingerprint density at radius 1 is 1.05 bits per heavy atom. The van der Waals surface area contributed by atoms with E-state index < -0.39 is 0 Å². The number of amides is 1. The van der Waals surface area contributed by atoms with Gasteiger partial charge in [0.15, 0.2) is 0 Å². The Morgan fingerprint density at radius 2 is 1.73 bits per heavy atom. The molecule has 0 bridgehead atoms. The minimum atomic E-state index is 0.0514. The molecule has 1 aliphatic heterocycles. The van der Waals surface area contributed by atoms with E-state index in [0.717, 1.165) is 11.3 Å². The monoisotopic (exact) mass is 297 g/mol. The van der Waals surface area contributed by atoms with Crippen LogP contribution >= 0.6 is 0 Å². The molecule has 116 valence electrons. The summed E-state index contributed by atoms with van der Waals surface area (Å²) in [4.78, 5) is 17.6. The lowest BCUT2D eigenvalue weighted by molar-refractivity contribution is -0.122. The molecule has 1 saturated heterocycles. The molecule has 1 aliphatic rings. The van der Waals surface area contributed by atoms with Gasteiger partial charge in [-0.25, -0.2) is 0 Å². The smallest absolute Gasteiger partial charge is 0.254 e. The molecule has 0 aromatic heterocycles. The molecule has 0 radical (unpaired) electrons. The van der Waals surface area contributed by atoms with Gasteiger partial charge in [-0.05, 0) is 24.4 Å². The maximum Gasteiger partial charge on any atom is 0.254 e. The lowest BCUT2D eigenvalue weighted by Gasteiger charge is -2.08. The summed E-state index contributed by atoms with van der Waals surface area (Å²) in [6.45, 7) is 0. The van der Waals surface area contributed by atoms with Crippen LogP contribution in [0, 0.1) is 0 Å². The van der Waals surface area contributed by atoms with Crippen LogP contribution < -0.4 is 5.32 Å². The second-order valence-corrected chi connectivity index (χ2v) is 4.60. The molecule has 1 N–H and O–H groups in total. The molecule has 1 fully saturated rings. The van der Waals surface area contributed by atoms with Gasteiger partial charge in [0.1, 0.15) is 0 Å². The molecular formula is C18H23N3O. The van der Waals surface area contributed by atoms with E-state index in [1.807, 2.05) is 67.9 Å². The summed E-state index contributed by atoms with van der Waals surface area (Å²) in [6.07, 6.45) is 21.2. The Morgan fingerprint density at radius 3 is 2.45 bits per heavy atom. The number of nitrogens with one attached hydrogen (secondary N) is 1. The van der Waals surface area contributed by atoms with Crippen molar-refractivity contribution in [2.24, 2.45) is 4.99 Å². The minimum absolute atomic E-state index is 0.0514. The largest absolute Gasteiger partial charge is 0.394 e. The van der Waals surface area contributed by atoms with Gasteiger partial charge in [0.25, 0.3) is 5.91 Å². The zero-order chi connectivity index (χ0) is 16.2. The molecule has 1 heterocycles. The number of aliphatic imine (C=N–C) groups is 1. The SMILES string of the molecule is CN=CC=CC=CC=C1CC(=CC=CC=CNC)C(=O)N1C. The molecule has 0 spiro atoms. The van der Waals surface area contributed by atoms with Gasteiger partial charge in [-0.1, -0.05) is 36.5 Å².